The lowest BCUT2D eigenvalue weighted by atomic mass is 9.90. The number of fused-ring (bicyclic) bond motifs is 5. The smallest absolute Gasteiger partial charge is 0.166 e. The number of nitrogens with zero attached hydrogens (tertiary/aromatic N) is 1. The van der Waals surface area contributed by atoms with E-state index < -0.39 is 0 Å². The molecule has 2 aliphatic heterocycles. The first-order valence-electron chi connectivity index (χ1n) is 8.52. The molecule has 0 bridgehead atoms. The van der Waals surface area contributed by atoms with Crippen LogP contribution in [0.2, 0.25) is 0 Å². The quantitative estimate of drug-likeness (QED) is 0.516. The summed E-state index contributed by atoms with van der Waals surface area (Å²) in [6.07, 6.45) is 1.87. The molecule has 2 aromatic carbocycles. The summed E-state index contributed by atoms with van der Waals surface area (Å²) in [4.78, 5) is 0. The van der Waals surface area contributed by atoms with Crippen molar-refractivity contribution in [2.45, 2.75) is 18.9 Å². The van der Waals surface area contributed by atoms with Gasteiger partial charge in [-0.25, -0.2) is 0 Å². The number of rotatable bonds is 3. The second kappa shape index (κ2) is 6.81. The number of halogens is 1. The van der Waals surface area contributed by atoms with Gasteiger partial charge in [0.05, 0.1) is 34.9 Å². The van der Waals surface area contributed by atoms with Gasteiger partial charge in [0.1, 0.15) is 11.7 Å². The van der Waals surface area contributed by atoms with Gasteiger partial charge >= 0.3 is 0 Å². The molecular weight excluding hydrogens is 445 g/mol. The van der Waals surface area contributed by atoms with Crippen LogP contribution in [0.15, 0.2) is 24.3 Å². The lowest BCUT2D eigenvalue weighted by Gasteiger charge is -2.41. The molecule has 2 aromatic rings. The van der Waals surface area contributed by atoms with Crippen LogP contribution >= 0.6 is 0 Å². The number of likely N-dealkylation sites (N-methyl/N-ethyl adjacent to an activating group) is 1. The summed E-state index contributed by atoms with van der Waals surface area (Å²) in [5, 5.41) is 10.3. The largest absolute Gasteiger partial charge is 1.00 e. The Hall–Kier alpha value is -1.67. The molecule has 140 valence electrons. The van der Waals surface area contributed by atoms with Crippen molar-refractivity contribution >= 4 is 5.69 Å². The molecule has 0 radical (unpaired) electrons. The summed E-state index contributed by atoms with van der Waals surface area (Å²) in [5.41, 5.74) is 5.04. The Labute approximate surface area is 171 Å². The molecule has 4 rings (SSSR count). The summed E-state index contributed by atoms with van der Waals surface area (Å²) in [7, 11) is 7.20. The van der Waals surface area contributed by atoms with E-state index in [0.29, 0.717) is 5.75 Å². The van der Waals surface area contributed by atoms with Gasteiger partial charge in [-0.05, 0) is 23.8 Å². The molecule has 0 saturated carbocycles. The van der Waals surface area contributed by atoms with Crippen LogP contribution in [0.4, 0.5) is 5.69 Å². The maximum Gasteiger partial charge on any atom is 0.166 e. The molecular formula is C20H24INO4. The van der Waals surface area contributed by atoms with E-state index in [4.69, 9.17) is 14.2 Å². The molecule has 2 aliphatic rings. The lowest BCUT2D eigenvalue weighted by Crippen LogP contribution is -3.00. The number of phenolic OH excluding ortho intramolecular Hbond substituents is 1. The van der Waals surface area contributed by atoms with Crippen molar-refractivity contribution in [2.24, 2.45) is 0 Å². The zero-order valence-electron chi connectivity index (χ0n) is 15.5. The van der Waals surface area contributed by atoms with Gasteiger partial charge < -0.3 is 43.3 Å². The minimum absolute atomic E-state index is 0. The monoisotopic (exact) mass is 469 g/mol. The number of hydrogen-bond donors (Lipinski definition) is 1. The average Bonchev–Trinajstić information content (AvgIpc) is 2.92. The van der Waals surface area contributed by atoms with Gasteiger partial charge in [-0.2, -0.15) is 0 Å². The van der Waals surface area contributed by atoms with Gasteiger partial charge in [-0.1, -0.05) is 0 Å². The SMILES string of the molecule is COc1cc2c(cc1O)C1Cc3cc(OC)c(OC)cc3[N+]1(C)CC2.[I-]. The normalized spacial score (nSPS) is 22.5. The molecule has 0 amide bonds. The summed E-state index contributed by atoms with van der Waals surface area (Å²) in [6.45, 7) is 1.01. The standard InChI is InChI=1S/C20H23NO4.HI/c1-21-6-5-12-8-18(23-2)17(22)10-14(12)16(21)7-13-9-19(24-3)20(25-4)11-15(13)21;/h8-11,16H,5-7H2,1-4H3;1H. The molecule has 5 nitrogen and oxygen atoms in total. The molecule has 0 aliphatic carbocycles. The van der Waals surface area contributed by atoms with E-state index in [1.807, 2.05) is 12.1 Å². The number of methoxy groups -OCH3 is 3. The molecule has 0 fully saturated rings. The number of ether oxygens (including phenoxy) is 3. The molecule has 2 heterocycles. The second-order valence-electron chi connectivity index (χ2n) is 7.02. The van der Waals surface area contributed by atoms with Crippen molar-refractivity contribution in [3.05, 3.63) is 41.0 Å². The van der Waals surface area contributed by atoms with E-state index in [-0.39, 0.29) is 35.8 Å². The van der Waals surface area contributed by atoms with Gasteiger partial charge in [0.2, 0.25) is 0 Å². The fourth-order valence-corrected chi connectivity index (χ4v) is 4.49. The lowest BCUT2D eigenvalue weighted by molar-refractivity contribution is -0.00000682. The van der Waals surface area contributed by atoms with Crippen LogP contribution in [0, 0.1) is 0 Å². The zero-order valence-corrected chi connectivity index (χ0v) is 17.7. The highest BCUT2D eigenvalue weighted by Gasteiger charge is 2.48. The molecule has 26 heavy (non-hydrogen) atoms. The van der Waals surface area contributed by atoms with E-state index in [1.165, 1.54) is 22.4 Å². The third kappa shape index (κ3) is 2.62. The predicted molar refractivity (Wildman–Crippen MR) is 96.9 cm³/mol. The Balaban J connectivity index is 0.00000196. The van der Waals surface area contributed by atoms with Crippen LogP contribution in [0.5, 0.6) is 23.0 Å². The molecule has 2 unspecified atom stereocenters. The maximum atomic E-state index is 10.3. The fourth-order valence-electron chi connectivity index (χ4n) is 4.49. The van der Waals surface area contributed by atoms with E-state index in [1.54, 1.807) is 21.3 Å². The molecule has 6 heteroatoms. The molecule has 1 N–H and O–H groups in total. The molecule has 0 spiro atoms. The number of aromatic hydroxyl groups is 1. The van der Waals surface area contributed by atoms with E-state index in [0.717, 1.165) is 35.4 Å². The van der Waals surface area contributed by atoms with Crippen molar-refractivity contribution in [1.82, 2.24) is 4.48 Å². The summed E-state index contributed by atoms with van der Waals surface area (Å²) < 4.78 is 17.1. The van der Waals surface area contributed by atoms with Crippen molar-refractivity contribution in [3.8, 4) is 23.0 Å². The van der Waals surface area contributed by atoms with Gasteiger partial charge in [0.25, 0.3) is 0 Å². The highest BCUT2D eigenvalue weighted by atomic mass is 127. The van der Waals surface area contributed by atoms with E-state index in [9.17, 15) is 5.11 Å². The highest BCUT2D eigenvalue weighted by molar-refractivity contribution is 5.66. The van der Waals surface area contributed by atoms with Crippen LogP contribution in [-0.2, 0) is 12.8 Å². The van der Waals surface area contributed by atoms with E-state index >= 15 is 0 Å². The Morgan fingerprint density at radius 2 is 1.54 bits per heavy atom. The van der Waals surface area contributed by atoms with Crippen LogP contribution in [-0.4, -0.2) is 40.0 Å². The Morgan fingerprint density at radius 3 is 2.19 bits per heavy atom. The summed E-state index contributed by atoms with van der Waals surface area (Å²) in [5.74, 6) is 2.30. The van der Waals surface area contributed by atoms with Gasteiger partial charge in [-0.15, -0.1) is 0 Å². The van der Waals surface area contributed by atoms with Crippen molar-refractivity contribution in [2.75, 3.05) is 34.9 Å². The second-order valence-corrected chi connectivity index (χ2v) is 7.02. The first kappa shape index (κ1) is 19.1. The first-order valence-corrected chi connectivity index (χ1v) is 8.52. The van der Waals surface area contributed by atoms with Crippen LogP contribution < -0.4 is 42.7 Å². The van der Waals surface area contributed by atoms with Crippen LogP contribution in [0.1, 0.15) is 22.7 Å². The third-order valence-electron chi connectivity index (χ3n) is 5.88. The van der Waals surface area contributed by atoms with Gasteiger partial charge in [0.15, 0.2) is 23.0 Å². The Morgan fingerprint density at radius 1 is 0.923 bits per heavy atom. The molecule has 0 saturated heterocycles. The van der Waals surface area contributed by atoms with Crippen LogP contribution in [0.25, 0.3) is 0 Å². The Kier molecular flexibility index (Phi) is 5.00. The minimum Gasteiger partial charge on any atom is -1.00 e. The first-order chi connectivity index (χ1) is 12.0. The van der Waals surface area contributed by atoms with Crippen molar-refractivity contribution < 1.29 is 43.3 Å². The number of quaternary nitrogens is 1. The number of hydrogen-bond acceptors (Lipinski definition) is 4. The highest BCUT2D eigenvalue weighted by Crippen LogP contribution is 2.52. The average molecular weight is 469 g/mol. The molecule has 2 atom stereocenters. The summed E-state index contributed by atoms with van der Waals surface area (Å²) >= 11 is 0. The van der Waals surface area contributed by atoms with Gasteiger partial charge in [-0.3, -0.25) is 4.48 Å². The summed E-state index contributed by atoms with van der Waals surface area (Å²) in [6, 6.07) is 8.36. The van der Waals surface area contributed by atoms with Crippen LogP contribution in [0.3, 0.4) is 0 Å². The van der Waals surface area contributed by atoms with Crippen molar-refractivity contribution in [1.29, 1.82) is 0 Å². The minimum atomic E-state index is 0. The molecule has 0 aromatic heterocycles. The number of phenols is 1. The van der Waals surface area contributed by atoms with Crippen molar-refractivity contribution in [3.63, 3.8) is 0 Å². The maximum absolute atomic E-state index is 10.3. The zero-order chi connectivity index (χ0) is 17.8. The number of benzene rings is 2. The third-order valence-corrected chi connectivity index (χ3v) is 5.88. The topological polar surface area (TPSA) is 47.9 Å². The fraction of sp³-hybridized carbons (Fsp3) is 0.400. The van der Waals surface area contributed by atoms with Gasteiger partial charge in [0, 0.05) is 30.0 Å². The Bertz CT molecular complexity index is 854. The van der Waals surface area contributed by atoms with E-state index in [2.05, 4.69) is 19.2 Å². The predicted octanol–water partition coefficient (Wildman–Crippen LogP) is 0.213.